The Kier molecular flexibility index (Phi) is 12.7. The van der Waals surface area contributed by atoms with Crippen LogP contribution in [0.1, 0.15) is 36.8 Å². The van der Waals surface area contributed by atoms with Gasteiger partial charge in [0.25, 0.3) is 0 Å². The van der Waals surface area contributed by atoms with E-state index in [-0.39, 0.29) is 24.8 Å². The molecule has 0 aromatic heterocycles. The third-order valence-corrected chi connectivity index (χ3v) is 5.95. The number of halogens is 2. The van der Waals surface area contributed by atoms with E-state index >= 15 is 0 Å². The fourth-order valence-electron chi connectivity index (χ4n) is 2.92. The van der Waals surface area contributed by atoms with Gasteiger partial charge in [0.05, 0.1) is 13.2 Å². The minimum atomic E-state index is 0.156. The first-order chi connectivity index (χ1) is 14.6. The number of ether oxygens (including phenoxy) is 2. The van der Waals surface area contributed by atoms with Gasteiger partial charge >= 0.3 is 0 Å². The number of carbonyl (C=O) groups excluding carboxylic acids is 2. The van der Waals surface area contributed by atoms with Gasteiger partial charge in [-0.25, -0.2) is 0 Å². The molecule has 2 aromatic rings. The standard InChI is InChI=1S/C24H28I2O4/c25-11-3-9-23(27)17-29-15-19-5-1-7-21(13-19)22-8-2-6-20(14-22)16-30-18-24(28)10-4-12-26/h1-2,5-8,13-14H,3-4,9-12,15-18H2. The van der Waals surface area contributed by atoms with Crippen LogP contribution in [0, 0.1) is 0 Å². The molecule has 0 bridgehead atoms. The Labute approximate surface area is 206 Å². The molecule has 0 atom stereocenters. The van der Waals surface area contributed by atoms with Gasteiger partial charge in [0.15, 0.2) is 11.6 Å². The number of benzene rings is 2. The van der Waals surface area contributed by atoms with Crippen LogP contribution >= 0.6 is 45.2 Å². The molecule has 0 amide bonds. The SMILES string of the molecule is O=C(CCCI)COCc1cccc(-c2cccc(COCC(=O)CCCI)c2)c1. The van der Waals surface area contributed by atoms with E-state index < -0.39 is 0 Å². The smallest absolute Gasteiger partial charge is 0.158 e. The van der Waals surface area contributed by atoms with E-state index in [1.54, 1.807) is 0 Å². The van der Waals surface area contributed by atoms with Crippen LogP contribution in [0.2, 0.25) is 0 Å². The summed E-state index contributed by atoms with van der Waals surface area (Å²) in [4.78, 5) is 23.5. The van der Waals surface area contributed by atoms with E-state index in [2.05, 4.69) is 69.4 Å². The van der Waals surface area contributed by atoms with Crippen LogP contribution in [0.25, 0.3) is 11.1 Å². The van der Waals surface area contributed by atoms with Gasteiger partial charge in [0.2, 0.25) is 0 Å². The van der Waals surface area contributed by atoms with E-state index in [0.29, 0.717) is 26.1 Å². The van der Waals surface area contributed by atoms with Crippen LogP contribution in [0.15, 0.2) is 48.5 Å². The number of ketones is 2. The number of rotatable bonds is 15. The third kappa shape index (κ3) is 9.98. The highest BCUT2D eigenvalue weighted by molar-refractivity contribution is 14.1. The lowest BCUT2D eigenvalue weighted by atomic mass is 10.0. The van der Waals surface area contributed by atoms with Gasteiger partial charge in [-0.05, 0) is 56.1 Å². The number of alkyl halides is 2. The summed E-state index contributed by atoms with van der Waals surface area (Å²) in [7, 11) is 0. The van der Waals surface area contributed by atoms with Gasteiger partial charge in [0.1, 0.15) is 13.2 Å². The molecule has 162 valence electrons. The number of Topliss-reactive ketones (excluding diaryl/α,β-unsaturated/α-hetero) is 2. The Morgan fingerprint density at radius 3 is 1.53 bits per heavy atom. The second kappa shape index (κ2) is 15.0. The molecule has 2 rings (SSSR count). The Balaban J connectivity index is 1.88. The van der Waals surface area contributed by atoms with E-state index in [4.69, 9.17) is 9.47 Å². The molecule has 6 heteroatoms. The predicted molar refractivity (Wildman–Crippen MR) is 137 cm³/mol. The van der Waals surface area contributed by atoms with Crippen molar-refractivity contribution in [1.29, 1.82) is 0 Å². The van der Waals surface area contributed by atoms with Gasteiger partial charge in [-0.15, -0.1) is 0 Å². The van der Waals surface area contributed by atoms with Crippen molar-refractivity contribution in [1.82, 2.24) is 0 Å². The zero-order valence-electron chi connectivity index (χ0n) is 17.1. The Morgan fingerprint density at radius 2 is 1.13 bits per heavy atom. The molecule has 0 aliphatic rings. The van der Waals surface area contributed by atoms with E-state index in [1.165, 1.54) is 0 Å². The molecule has 0 aliphatic heterocycles. The van der Waals surface area contributed by atoms with Crippen molar-refractivity contribution >= 4 is 56.7 Å². The van der Waals surface area contributed by atoms with Crippen LogP contribution in [-0.2, 0) is 32.3 Å². The Hall–Kier alpha value is -0.840. The summed E-state index contributed by atoms with van der Waals surface area (Å²) in [6, 6.07) is 16.3. The molecule has 0 saturated carbocycles. The van der Waals surface area contributed by atoms with Gasteiger partial charge in [-0.1, -0.05) is 81.6 Å². The summed E-state index contributed by atoms with van der Waals surface area (Å²) >= 11 is 4.56. The number of carbonyl (C=O) groups is 2. The predicted octanol–water partition coefficient (Wildman–Crippen LogP) is 5.96. The normalized spacial score (nSPS) is 10.9. The zero-order valence-corrected chi connectivity index (χ0v) is 21.4. The molecule has 0 unspecified atom stereocenters. The van der Waals surface area contributed by atoms with Crippen molar-refractivity contribution in [3.8, 4) is 11.1 Å². The van der Waals surface area contributed by atoms with Crippen molar-refractivity contribution in [2.24, 2.45) is 0 Å². The summed E-state index contributed by atoms with van der Waals surface area (Å²) in [5.41, 5.74) is 4.26. The molecule has 0 saturated heterocycles. The second-order valence-electron chi connectivity index (χ2n) is 7.05. The first-order valence-electron chi connectivity index (χ1n) is 10.1. The van der Waals surface area contributed by atoms with Crippen LogP contribution < -0.4 is 0 Å². The van der Waals surface area contributed by atoms with Crippen molar-refractivity contribution in [3.63, 3.8) is 0 Å². The second-order valence-corrected chi connectivity index (χ2v) is 9.21. The lowest BCUT2D eigenvalue weighted by molar-refractivity contribution is -0.124. The Bertz CT molecular complexity index is 740. The molecular weight excluding hydrogens is 606 g/mol. The maximum absolute atomic E-state index is 11.7. The van der Waals surface area contributed by atoms with Crippen LogP contribution in [-0.4, -0.2) is 33.6 Å². The van der Waals surface area contributed by atoms with Crippen molar-refractivity contribution < 1.29 is 19.1 Å². The highest BCUT2D eigenvalue weighted by atomic mass is 127. The molecule has 0 N–H and O–H groups in total. The fraction of sp³-hybridized carbons (Fsp3) is 0.417. The average molecular weight is 634 g/mol. The van der Waals surface area contributed by atoms with E-state index in [0.717, 1.165) is 44.0 Å². The molecule has 0 fully saturated rings. The van der Waals surface area contributed by atoms with Gasteiger partial charge in [0, 0.05) is 12.8 Å². The monoisotopic (exact) mass is 634 g/mol. The lowest BCUT2D eigenvalue weighted by Gasteiger charge is -2.09. The van der Waals surface area contributed by atoms with Gasteiger partial charge < -0.3 is 9.47 Å². The van der Waals surface area contributed by atoms with Gasteiger partial charge in [-0.2, -0.15) is 0 Å². The summed E-state index contributed by atoms with van der Waals surface area (Å²) in [6.07, 6.45) is 2.99. The summed E-state index contributed by atoms with van der Waals surface area (Å²) in [6.45, 7) is 1.19. The largest absolute Gasteiger partial charge is 0.369 e. The topological polar surface area (TPSA) is 52.6 Å². The summed E-state index contributed by atoms with van der Waals surface area (Å²) < 4.78 is 13.2. The van der Waals surface area contributed by atoms with Gasteiger partial charge in [-0.3, -0.25) is 9.59 Å². The lowest BCUT2D eigenvalue weighted by Crippen LogP contribution is -2.08. The highest BCUT2D eigenvalue weighted by Crippen LogP contribution is 2.22. The maximum atomic E-state index is 11.7. The van der Waals surface area contributed by atoms with Crippen LogP contribution in [0.3, 0.4) is 0 Å². The Morgan fingerprint density at radius 1 is 0.700 bits per heavy atom. The van der Waals surface area contributed by atoms with E-state index in [1.807, 2.05) is 24.3 Å². The molecular formula is C24H28I2O4. The van der Waals surface area contributed by atoms with Crippen molar-refractivity contribution in [2.75, 3.05) is 22.1 Å². The summed E-state index contributed by atoms with van der Waals surface area (Å²) in [5.74, 6) is 0.312. The molecule has 0 spiro atoms. The molecule has 30 heavy (non-hydrogen) atoms. The minimum absolute atomic E-state index is 0.156. The highest BCUT2D eigenvalue weighted by Gasteiger charge is 2.06. The fourth-order valence-corrected chi connectivity index (χ4v) is 3.68. The van der Waals surface area contributed by atoms with Crippen LogP contribution in [0.4, 0.5) is 0 Å². The molecule has 0 aliphatic carbocycles. The molecule has 0 radical (unpaired) electrons. The first-order valence-corrected chi connectivity index (χ1v) is 13.2. The molecule has 4 nitrogen and oxygen atoms in total. The average Bonchev–Trinajstić information content (AvgIpc) is 2.76. The third-order valence-electron chi connectivity index (χ3n) is 4.43. The molecule has 0 heterocycles. The summed E-state index contributed by atoms with van der Waals surface area (Å²) in [5, 5.41) is 0. The van der Waals surface area contributed by atoms with Crippen LogP contribution in [0.5, 0.6) is 0 Å². The van der Waals surface area contributed by atoms with E-state index in [9.17, 15) is 9.59 Å². The van der Waals surface area contributed by atoms with Crippen molar-refractivity contribution in [2.45, 2.75) is 38.9 Å². The first kappa shape index (κ1) is 25.4. The number of hydrogen-bond acceptors (Lipinski definition) is 4. The van der Waals surface area contributed by atoms with Crippen molar-refractivity contribution in [3.05, 3.63) is 59.7 Å². The zero-order chi connectivity index (χ0) is 21.6. The quantitative estimate of drug-likeness (QED) is 0.180. The molecule has 2 aromatic carbocycles. The maximum Gasteiger partial charge on any atom is 0.158 e. The minimum Gasteiger partial charge on any atom is -0.369 e. The number of hydrogen-bond donors (Lipinski definition) is 0.